The zero-order valence-electron chi connectivity index (χ0n) is 8.63. The number of thioether (sulfide) groups is 1. The van der Waals surface area contributed by atoms with E-state index in [1.54, 1.807) is 11.8 Å². The Hall–Kier alpha value is -0.440. The van der Waals surface area contributed by atoms with Gasteiger partial charge in [-0.05, 0) is 6.42 Å². The number of hydrogen-bond donors (Lipinski definition) is 0. The van der Waals surface area contributed by atoms with E-state index in [-0.39, 0.29) is 11.9 Å². The highest BCUT2D eigenvalue weighted by Gasteiger charge is 2.12. The first-order valence-corrected chi connectivity index (χ1v) is 5.59. The molecule has 0 radical (unpaired) electrons. The van der Waals surface area contributed by atoms with Crippen molar-refractivity contribution in [3.63, 3.8) is 0 Å². The van der Waals surface area contributed by atoms with E-state index in [1.165, 1.54) is 12.7 Å². The highest BCUT2D eigenvalue weighted by atomic mass is 32.2. The molecule has 0 spiro atoms. The van der Waals surface area contributed by atoms with E-state index in [0.717, 1.165) is 17.9 Å². The Morgan fingerprint density at radius 3 is 2.69 bits per heavy atom. The zero-order valence-corrected chi connectivity index (χ0v) is 9.45. The van der Waals surface area contributed by atoms with Crippen LogP contribution in [0, 0.1) is 5.92 Å². The van der Waals surface area contributed by atoms with Gasteiger partial charge in [0.25, 0.3) is 0 Å². The second-order valence-electron chi connectivity index (χ2n) is 3.04. The minimum absolute atomic E-state index is 0.0142. The third-order valence-corrected chi connectivity index (χ3v) is 3.13. The van der Waals surface area contributed by atoms with Crippen molar-refractivity contribution in [2.75, 3.05) is 18.6 Å². The number of methoxy groups -OCH3 is 1. The van der Waals surface area contributed by atoms with Gasteiger partial charge in [0.2, 0.25) is 0 Å². The highest BCUT2D eigenvalue weighted by molar-refractivity contribution is 7.99. The molecule has 0 aromatic rings. The fourth-order valence-electron chi connectivity index (χ4n) is 0.751. The number of ether oxygens (including phenoxy) is 1. The second-order valence-corrected chi connectivity index (χ2v) is 4.07. The first-order chi connectivity index (χ1) is 6.11. The third-order valence-electron chi connectivity index (χ3n) is 1.78. The molecule has 0 bridgehead atoms. The van der Waals surface area contributed by atoms with Gasteiger partial charge < -0.3 is 4.74 Å². The monoisotopic (exact) mass is 202 g/mol. The van der Waals surface area contributed by atoms with Gasteiger partial charge in [0.15, 0.2) is 0 Å². The van der Waals surface area contributed by atoms with Crippen LogP contribution >= 0.6 is 11.8 Å². The summed E-state index contributed by atoms with van der Waals surface area (Å²) in [7, 11) is 1.43. The van der Waals surface area contributed by atoms with Gasteiger partial charge in [-0.1, -0.05) is 26.0 Å². The second kappa shape index (κ2) is 7.01. The average molecular weight is 202 g/mol. The van der Waals surface area contributed by atoms with Crippen molar-refractivity contribution in [1.82, 2.24) is 0 Å². The van der Waals surface area contributed by atoms with Gasteiger partial charge in [-0.3, -0.25) is 4.79 Å². The van der Waals surface area contributed by atoms with E-state index in [9.17, 15) is 4.79 Å². The van der Waals surface area contributed by atoms with Crippen molar-refractivity contribution < 1.29 is 9.53 Å². The fraction of sp³-hybridized carbons (Fsp3) is 0.700. The van der Waals surface area contributed by atoms with E-state index < -0.39 is 0 Å². The van der Waals surface area contributed by atoms with E-state index in [4.69, 9.17) is 0 Å². The van der Waals surface area contributed by atoms with Crippen LogP contribution in [0.1, 0.15) is 20.3 Å². The predicted molar refractivity (Wildman–Crippen MR) is 57.9 cm³/mol. The zero-order chi connectivity index (χ0) is 10.3. The van der Waals surface area contributed by atoms with Crippen LogP contribution in [-0.2, 0) is 9.53 Å². The Balaban J connectivity index is 3.53. The van der Waals surface area contributed by atoms with Crippen LogP contribution in [0.25, 0.3) is 0 Å². The summed E-state index contributed by atoms with van der Waals surface area (Å²) in [5, 5.41) is 0. The molecule has 0 aromatic carbocycles. The van der Waals surface area contributed by atoms with E-state index in [2.05, 4.69) is 18.2 Å². The highest BCUT2D eigenvalue weighted by Crippen LogP contribution is 2.13. The van der Waals surface area contributed by atoms with Gasteiger partial charge in [0, 0.05) is 11.5 Å². The minimum Gasteiger partial charge on any atom is -0.469 e. The molecule has 0 aliphatic carbocycles. The van der Waals surface area contributed by atoms with Gasteiger partial charge in [0.05, 0.1) is 13.0 Å². The van der Waals surface area contributed by atoms with Crippen molar-refractivity contribution >= 4 is 17.7 Å². The van der Waals surface area contributed by atoms with Crippen LogP contribution in [-0.4, -0.2) is 24.6 Å². The molecule has 0 fully saturated rings. The molecule has 0 amide bonds. The van der Waals surface area contributed by atoms with Crippen molar-refractivity contribution in [2.24, 2.45) is 5.92 Å². The fourth-order valence-corrected chi connectivity index (χ4v) is 1.85. The smallest absolute Gasteiger partial charge is 0.309 e. The Bertz CT molecular complexity index is 178. The van der Waals surface area contributed by atoms with Crippen LogP contribution in [0.5, 0.6) is 0 Å². The van der Waals surface area contributed by atoms with Crippen LogP contribution in [0.2, 0.25) is 0 Å². The summed E-state index contributed by atoms with van der Waals surface area (Å²) in [4.78, 5) is 11.0. The lowest BCUT2D eigenvalue weighted by molar-refractivity contribution is -0.143. The summed E-state index contributed by atoms with van der Waals surface area (Å²) in [6.45, 7) is 7.87. The van der Waals surface area contributed by atoms with Crippen LogP contribution in [0.3, 0.4) is 0 Å². The Kier molecular flexibility index (Phi) is 6.77. The predicted octanol–water partition coefficient (Wildman–Crippen LogP) is 2.49. The molecule has 0 N–H and O–H groups in total. The van der Waals surface area contributed by atoms with E-state index >= 15 is 0 Å². The maximum Gasteiger partial charge on any atom is 0.309 e. The van der Waals surface area contributed by atoms with Gasteiger partial charge >= 0.3 is 5.97 Å². The molecule has 0 heterocycles. The van der Waals surface area contributed by atoms with Gasteiger partial charge in [-0.2, -0.15) is 11.8 Å². The average Bonchev–Trinajstić information content (AvgIpc) is 2.15. The molecule has 1 unspecified atom stereocenters. The summed E-state index contributed by atoms with van der Waals surface area (Å²) < 4.78 is 4.62. The summed E-state index contributed by atoms with van der Waals surface area (Å²) in [6.07, 6.45) is 1.01. The van der Waals surface area contributed by atoms with E-state index in [0.29, 0.717) is 0 Å². The first-order valence-electron chi connectivity index (χ1n) is 4.44. The van der Waals surface area contributed by atoms with E-state index in [1.807, 2.05) is 6.92 Å². The number of carbonyl (C=O) groups is 1. The van der Waals surface area contributed by atoms with Crippen LogP contribution in [0.15, 0.2) is 12.2 Å². The lowest BCUT2D eigenvalue weighted by Crippen LogP contribution is -2.15. The molecule has 1 atom stereocenters. The Morgan fingerprint density at radius 2 is 2.23 bits per heavy atom. The molecule has 13 heavy (non-hydrogen) atoms. The van der Waals surface area contributed by atoms with Crippen molar-refractivity contribution in [3.8, 4) is 0 Å². The number of esters is 1. The summed E-state index contributed by atoms with van der Waals surface area (Å²) in [5.41, 5.74) is 1.22. The molecule has 0 saturated carbocycles. The normalized spacial score (nSPS) is 12.2. The first kappa shape index (κ1) is 12.6. The minimum atomic E-state index is -0.130. The largest absolute Gasteiger partial charge is 0.469 e. The summed E-state index contributed by atoms with van der Waals surface area (Å²) in [5.74, 6) is 1.61. The Morgan fingerprint density at radius 1 is 1.62 bits per heavy atom. The molecule has 0 rings (SSSR count). The standard InChI is InChI=1S/C10H18O2S/c1-5-8(2)6-13-7-9(3)10(11)12-4/h9H,2,5-7H2,1,3-4H3. The van der Waals surface area contributed by atoms with Gasteiger partial charge in [-0.15, -0.1) is 0 Å². The quantitative estimate of drug-likeness (QED) is 0.489. The lowest BCUT2D eigenvalue weighted by atomic mass is 10.2. The summed E-state index contributed by atoms with van der Waals surface area (Å²) >= 11 is 1.74. The topological polar surface area (TPSA) is 26.3 Å². The molecule has 0 aliphatic rings. The maximum atomic E-state index is 11.0. The Labute approximate surface area is 84.7 Å². The van der Waals surface area contributed by atoms with Crippen LogP contribution < -0.4 is 0 Å². The SMILES string of the molecule is C=C(CC)CSCC(C)C(=O)OC. The van der Waals surface area contributed by atoms with Crippen molar-refractivity contribution in [2.45, 2.75) is 20.3 Å². The number of hydrogen-bond acceptors (Lipinski definition) is 3. The number of carbonyl (C=O) groups excluding carboxylic acids is 1. The molecule has 76 valence electrons. The summed E-state index contributed by atoms with van der Waals surface area (Å²) in [6, 6.07) is 0. The van der Waals surface area contributed by atoms with Gasteiger partial charge in [0.1, 0.15) is 0 Å². The van der Waals surface area contributed by atoms with Crippen molar-refractivity contribution in [1.29, 1.82) is 0 Å². The molecular weight excluding hydrogens is 184 g/mol. The molecule has 0 saturated heterocycles. The third kappa shape index (κ3) is 5.75. The maximum absolute atomic E-state index is 11.0. The number of rotatable bonds is 6. The molecule has 2 nitrogen and oxygen atoms in total. The molecule has 3 heteroatoms. The van der Waals surface area contributed by atoms with Crippen molar-refractivity contribution in [3.05, 3.63) is 12.2 Å². The van der Waals surface area contributed by atoms with Gasteiger partial charge in [-0.25, -0.2) is 0 Å². The molecule has 0 aliphatic heterocycles. The lowest BCUT2D eigenvalue weighted by Gasteiger charge is -2.08. The molecular formula is C10H18O2S. The van der Waals surface area contributed by atoms with Crippen LogP contribution in [0.4, 0.5) is 0 Å². The molecule has 0 aromatic heterocycles.